The Labute approximate surface area is 230 Å². The van der Waals surface area contributed by atoms with E-state index in [1.807, 2.05) is 62.4 Å². The van der Waals surface area contributed by atoms with Gasteiger partial charge in [-0.1, -0.05) is 61.2 Å². The van der Waals surface area contributed by atoms with Crippen molar-refractivity contribution in [2.45, 2.75) is 39.0 Å². The Kier molecular flexibility index (Phi) is 11.4. The van der Waals surface area contributed by atoms with Gasteiger partial charge in [-0.3, -0.25) is 9.59 Å². The Balaban J connectivity index is 1.66. The molecule has 0 aliphatic rings. The van der Waals surface area contributed by atoms with Crippen molar-refractivity contribution >= 4 is 28.4 Å². The van der Waals surface area contributed by atoms with Crippen molar-refractivity contribution in [2.75, 3.05) is 25.5 Å². The lowest BCUT2D eigenvalue weighted by molar-refractivity contribution is -0.124. The fourth-order valence-electron chi connectivity index (χ4n) is 4.39. The molecule has 0 aliphatic heterocycles. The summed E-state index contributed by atoms with van der Waals surface area (Å²) in [5.74, 6) is 5.72. The number of nitrogens with one attached hydrogen (secondary N) is 2. The minimum absolute atomic E-state index is 0.00949. The number of hydrogen-bond acceptors (Lipinski definition) is 6. The summed E-state index contributed by atoms with van der Waals surface area (Å²) in [6, 6.07) is 15.4. The first-order valence-electron chi connectivity index (χ1n) is 13.2. The normalized spacial score (nSPS) is 13.0. The molecule has 2 aromatic carbocycles. The highest BCUT2D eigenvalue weighted by Gasteiger charge is 2.26. The molecule has 1 amide bonds. The molecule has 202 valence electrons. The van der Waals surface area contributed by atoms with Crippen LogP contribution in [0.3, 0.4) is 0 Å². The van der Waals surface area contributed by atoms with Crippen molar-refractivity contribution in [2.24, 2.45) is 5.92 Å². The standard InChI is InChI=1S/C32H36N4O3/c1-4-6-14-27(30(38)24(5-2)16-17-26(21-37)25-12-8-7-9-13-25)32(39)34-19-10-11-23-15-18-29-28(20-23)31(33-3)36-22-35-29/h4,6-9,12-15,18,20,22,24,26,37H,5,16-17,19,21H2,1-3H3,(H,34,39)(H,33,35,36). The van der Waals surface area contributed by atoms with Crippen molar-refractivity contribution in [1.29, 1.82) is 0 Å². The molecule has 0 bridgehead atoms. The summed E-state index contributed by atoms with van der Waals surface area (Å²) in [5, 5.41) is 16.6. The number of aromatic nitrogens is 2. The molecular formula is C32H36N4O3. The molecule has 1 aromatic heterocycles. The number of ketones is 1. The predicted molar refractivity (Wildman–Crippen MR) is 156 cm³/mol. The van der Waals surface area contributed by atoms with E-state index in [0.717, 1.165) is 22.0 Å². The number of carbonyl (C=O) groups excluding carboxylic acids is 2. The highest BCUT2D eigenvalue weighted by Crippen LogP contribution is 2.26. The topological polar surface area (TPSA) is 104 Å². The maximum absolute atomic E-state index is 13.4. The minimum atomic E-state index is -0.447. The molecule has 0 saturated heterocycles. The van der Waals surface area contributed by atoms with Gasteiger partial charge in [-0.2, -0.15) is 0 Å². The second kappa shape index (κ2) is 15.2. The van der Waals surface area contributed by atoms with E-state index >= 15 is 0 Å². The zero-order valence-corrected chi connectivity index (χ0v) is 22.8. The van der Waals surface area contributed by atoms with Gasteiger partial charge in [0.2, 0.25) is 0 Å². The zero-order chi connectivity index (χ0) is 28.0. The van der Waals surface area contributed by atoms with Gasteiger partial charge in [0.1, 0.15) is 12.1 Å². The van der Waals surface area contributed by atoms with Gasteiger partial charge in [-0.25, -0.2) is 9.97 Å². The van der Waals surface area contributed by atoms with Gasteiger partial charge in [0, 0.05) is 36.4 Å². The summed E-state index contributed by atoms with van der Waals surface area (Å²) in [4.78, 5) is 34.9. The van der Waals surface area contributed by atoms with Crippen LogP contribution < -0.4 is 10.6 Å². The molecule has 7 nitrogen and oxygen atoms in total. The van der Waals surface area contributed by atoms with Gasteiger partial charge in [-0.05, 0) is 56.0 Å². The quantitative estimate of drug-likeness (QED) is 0.103. The van der Waals surface area contributed by atoms with Crippen LogP contribution in [-0.4, -0.2) is 47.0 Å². The van der Waals surface area contributed by atoms with Crippen LogP contribution in [-0.2, 0) is 9.59 Å². The number of aliphatic hydroxyl groups excluding tert-OH is 1. The van der Waals surface area contributed by atoms with Gasteiger partial charge >= 0.3 is 0 Å². The largest absolute Gasteiger partial charge is 0.396 e. The number of benzene rings is 2. The zero-order valence-electron chi connectivity index (χ0n) is 22.8. The molecule has 3 N–H and O–H groups in total. The number of anilines is 1. The lowest BCUT2D eigenvalue weighted by Crippen LogP contribution is -2.31. The summed E-state index contributed by atoms with van der Waals surface area (Å²) < 4.78 is 0. The first kappa shape index (κ1) is 29.3. The average molecular weight is 525 g/mol. The fourth-order valence-corrected chi connectivity index (χ4v) is 4.39. The Morgan fingerprint density at radius 2 is 1.90 bits per heavy atom. The van der Waals surface area contributed by atoms with Crippen LogP contribution >= 0.6 is 0 Å². The molecule has 39 heavy (non-hydrogen) atoms. The number of rotatable bonds is 12. The molecular weight excluding hydrogens is 488 g/mol. The molecule has 1 heterocycles. The van der Waals surface area contributed by atoms with Crippen molar-refractivity contribution in [1.82, 2.24) is 15.3 Å². The Bertz CT molecular complexity index is 1390. The third-order valence-electron chi connectivity index (χ3n) is 6.63. The van der Waals surface area contributed by atoms with E-state index in [2.05, 4.69) is 32.4 Å². The van der Waals surface area contributed by atoms with E-state index in [9.17, 15) is 14.7 Å². The number of carbonyl (C=O) groups is 2. The lowest BCUT2D eigenvalue weighted by atomic mass is 9.85. The number of Topliss-reactive ketones (excluding diaryl/α,β-unsaturated/α-hetero) is 1. The summed E-state index contributed by atoms with van der Waals surface area (Å²) in [6.45, 7) is 3.89. The highest BCUT2D eigenvalue weighted by atomic mass is 16.3. The molecule has 2 unspecified atom stereocenters. The summed E-state index contributed by atoms with van der Waals surface area (Å²) in [5.41, 5.74) is 2.74. The average Bonchev–Trinajstić information content (AvgIpc) is 2.97. The first-order valence-corrected chi connectivity index (χ1v) is 13.2. The van der Waals surface area contributed by atoms with Crippen LogP contribution in [0.1, 0.15) is 50.2 Å². The monoisotopic (exact) mass is 524 g/mol. The molecule has 3 rings (SSSR count). The molecule has 7 heteroatoms. The SMILES string of the molecule is CC=CC=C(C(=O)NCC#Cc1ccc2ncnc(NC)c2c1)C(=O)C(CC)CCC(CO)c1ccccc1. The van der Waals surface area contributed by atoms with Gasteiger partial charge in [0.25, 0.3) is 5.91 Å². The Morgan fingerprint density at radius 1 is 1.10 bits per heavy atom. The van der Waals surface area contributed by atoms with Crippen molar-refractivity contribution < 1.29 is 14.7 Å². The number of nitrogens with zero attached hydrogens (tertiary/aromatic N) is 2. The highest BCUT2D eigenvalue weighted by molar-refractivity contribution is 6.20. The number of allylic oxidation sites excluding steroid dienone is 3. The van der Waals surface area contributed by atoms with Gasteiger partial charge in [-0.15, -0.1) is 0 Å². The number of fused-ring (bicyclic) bond motifs is 1. The van der Waals surface area contributed by atoms with E-state index in [1.165, 1.54) is 6.33 Å². The van der Waals surface area contributed by atoms with Crippen LogP contribution in [0.25, 0.3) is 10.9 Å². The third-order valence-corrected chi connectivity index (χ3v) is 6.63. The smallest absolute Gasteiger partial charge is 0.255 e. The maximum Gasteiger partial charge on any atom is 0.255 e. The van der Waals surface area contributed by atoms with Gasteiger partial charge < -0.3 is 15.7 Å². The molecule has 0 spiro atoms. The molecule has 0 aliphatic carbocycles. The van der Waals surface area contributed by atoms with Crippen LogP contribution in [0.15, 0.2) is 78.7 Å². The van der Waals surface area contributed by atoms with E-state index in [1.54, 1.807) is 25.3 Å². The van der Waals surface area contributed by atoms with Gasteiger partial charge in [0.05, 0.1) is 17.6 Å². The van der Waals surface area contributed by atoms with E-state index in [-0.39, 0.29) is 36.3 Å². The molecule has 2 atom stereocenters. The van der Waals surface area contributed by atoms with Crippen LogP contribution in [0, 0.1) is 17.8 Å². The Morgan fingerprint density at radius 3 is 2.59 bits per heavy atom. The first-order chi connectivity index (χ1) is 19.0. The molecule has 0 saturated carbocycles. The van der Waals surface area contributed by atoms with Crippen molar-refractivity contribution in [3.8, 4) is 11.8 Å². The van der Waals surface area contributed by atoms with E-state index in [4.69, 9.17) is 0 Å². The Hall–Kier alpha value is -4.28. The summed E-state index contributed by atoms with van der Waals surface area (Å²) >= 11 is 0. The third kappa shape index (κ3) is 8.10. The van der Waals surface area contributed by atoms with Gasteiger partial charge in [0.15, 0.2) is 5.78 Å². The van der Waals surface area contributed by atoms with Crippen molar-refractivity contribution in [3.63, 3.8) is 0 Å². The second-order valence-corrected chi connectivity index (χ2v) is 9.13. The lowest BCUT2D eigenvalue weighted by Gasteiger charge is -2.19. The fraction of sp³-hybridized carbons (Fsp3) is 0.312. The number of amides is 1. The molecule has 0 radical (unpaired) electrons. The summed E-state index contributed by atoms with van der Waals surface area (Å²) in [7, 11) is 1.80. The van der Waals surface area contributed by atoms with Crippen LogP contribution in [0.4, 0.5) is 5.82 Å². The summed E-state index contributed by atoms with van der Waals surface area (Å²) in [6.07, 6.45) is 8.39. The van der Waals surface area contributed by atoms with Crippen LogP contribution in [0.2, 0.25) is 0 Å². The number of aliphatic hydroxyl groups is 1. The van der Waals surface area contributed by atoms with Crippen molar-refractivity contribution in [3.05, 3.63) is 89.8 Å². The number of hydrogen-bond donors (Lipinski definition) is 3. The van der Waals surface area contributed by atoms with E-state index in [0.29, 0.717) is 25.1 Å². The molecule has 3 aromatic rings. The second-order valence-electron chi connectivity index (χ2n) is 9.13. The maximum atomic E-state index is 13.4. The van der Waals surface area contributed by atoms with E-state index < -0.39 is 5.91 Å². The predicted octanol–water partition coefficient (Wildman–Crippen LogP) is 4.79. The van der Waals surface area contributed by atoms with Crippen LogP contribution in [0.5, 0.6) is 0 Å². The minimum Gasteiger partial charge on any atom is -0.396 e. The molecule has 0 fully saturated rings.